The first-order valence-electron chi connectivity index (χ1n) is 6.39. The monoisotopic (exact) mass is 332 g/mol. The van der Waals surface area contributed by atoms with Crippen molar-refractivity contribution < 1.29 is 4.74 Å². The van der Waals surface area contributed by atoms with Crippen LogP contribution >= 0.6 is 27.3 Å². The molecule has 3 nitrogen and oxygen atoms in total. The zero-order chi connectivity index (χ0) is 13.1. The zero-order valence-corrected chi connectivity index (χ0v) is 13.3. The van der Waals surface area contributed by atoms with Gasteiger partial charge < -0.3 is 10.5 Å². The largest absolute Gasteiger partial charge is 0.381 e. The minimum Gasteiger partial charge on any atom is -0.381 e. The van der Waals surface area contributed by atoms with Crippen molar-refractivity contribution in [3.8, 4) is 0 Å². The maximum absolute atomic E-state index is 5.93. The van der Waals surface area contributed by atoms with Crippen molar-refractivity contribution in [1.82, 2.24) is 4.90 Å². The minimum atomic E-state index is 0.372. The Morgan fingerprint density at radius 1 is 1.61 bits per heavy atom. The van der Waals surface area contributed by atoms with E-state index in [1.807, 2.05) is 11.3 Å². The molecule has 0 saturated carbocycles. The van der Waals surface area contributed by atoms with E-state index in [9.17, 15) is 0 Å². The Bertz CT molecular complexity index is 385. The first-order valence-corrected chi connectivity index (χ1v) is 8.00. The van der Waals surface area contributed by atoms with E-state index in [1.165, 1.54) is 8.66 Å². The van der Waals surface area contributed by atoms with E-state index in [0.717, 1.165) is 19.4 Å². The van der Waals surface area contributed by atoms with Crippen molar-refractivity contribution in [3.05, 3.63) is 20.8 Å². The fourth-order valence-corrected chi connectivity index (χ4v) is 4.20. The van der Waals surface area contributed by atoms with Gasteiger partial charge in [-0.15, -0.1) is 11.3 Å². The van der Waals surface area contributed by atoms with Gasteiger partial charge in [0, 0.05) is 37.2 Å². The highest BCUT2D eigenvalue weighted by atomic mass is 79.9. The van der Waals surface area contributed by atoms with E-state index in [-0.39, 0.29) is 0 Å². The summed E-state index contributed by atoms with van der Waals surface area (Å²) in [5.74, 6) is 0. The predicted octanol–water partition coefficient (Wildman–Crippen LogP) is 3.01. The molecular formula is C13H21BrN2OS. The number of likely N-dealkylation sites (tertiary alicyclic amines) is 1. The zero-order valence-electron chi connectivity index (χ0n) is 10.9. The molecule has 102 valence electrons. The van der Waals surface area contributed by atoms with Gasteiger partial charge >= 0.3 is 0 Å². The summed E-state index contributed by atoms with van der Waals surface area (Å²) in [5, 5.41) is 0. The number of halogens is 1. The van der Waals surface area contributed by atoms with Gasteiger partial charge in [0.2, 0.25) is 0 Å². The van der Waals surface area contributed by atoms with Crippen LogP contribution in [0.5, 0.6) is 0 Å². The normalized spacial score (nSPS) is 27.3. The molecule has 0 aromatic carbocycles. The number of ether oxygens (including phenoxy) is 1. The van der Waals surface area contributed by atoms with Gasteiger partial charge in [-0.2, -0.15) is 0 Å². The van der Waals surface area contributed by atoms with E-state index in [1.54, 1.807) is 7.11 Å². The van der Waals surface area contributed by atoms with Crippen LogP contribution in [0, 0.1) is 0 Å². The number of thiophene rings is 1. The molecule has 1 aromatic heterocycles. The van der Waals surface area contributed by atoms with Crippen LogP contribution in [0.15, 0.2) is 15.9 Å². The average Bonchev–Trinajstić information content (AvgIpc) is 2.83. The molecule has 1 fully saturated rings. The van der Waals surface area contributed by atoms with Gasteiger partial charge in [-0.3, -0.25) is 4.90 Å². The lowest BCUT2D eigenvalue weighted by atomic mass is 9.97. The fourth-order valence-electron chi connectivity index (χ4n) is 2.70. The molecule has 2 rings (SSSR count). The van der Waals surface area contributed by atoms with Gasteiger partial charge in [0.25, 0.3) is 0 Å². The van der Waals surface area contributed by atoms with E-state index < -0.39 is 0 Å². The minimum absolute atomic E-state index is 0.372. The predicted molar refractivity (Wildman–Crippen MR) is 80.0 cm³/mol. The summed E-state index contributed by atoms with van der Waals surface area (Å²) in [6.45, 7) is 4.04. The molecule has 1 aliphatic rings. The number of piperidine rings is 1. The summed E-state index contributed by atoms with van der Waals surface area (Å²) in [4.78, 5) is 3.92. The second kappa shape index (κ2) is 6.48. The molecule has 0 amide bonds. The van der Waals surface area contributed by atoms with Crippen LogP contribution in [0.2, 0.25) is 0 Å². The molecule has 2 heterocycles. The van der Waals surface area contributed by atoms with Gasteiger partial charge in [-0.05, 0) is 47.8 Å². The smallest absolute Gasteiger partial charge is 0.0701 e. The molecule has 0 spiro atoms. The van der Waals surface area contributed by atoms with Crippen molar-refractivity contribution in [2.45, 2.75) is 38.0 Å². The Morgan fingerprint density at radius 2 is 2.39 bits per heavy atom. The second-order valence-corrected chi connectivity index (χ2v) is 7.32. The standard InChI is InChI=1S/C13H21BrN2OS/c1-9(12-3-4-13(14)18-12)16-6-5-11(17-2)7-10(16)8-15/h3-4,9-11H,5-8,15H2,1-2H3. The number of methoxy groups -OCH3 is 1. The first kappa shape index (κ1) is 14.5. The third-order valence-electron chi connectivity index (χ3n) is 3.82. The third kappa shape index (κ3) is 3.14. The van der Waals surface area contributed by atoms with Crippen molar-refractivity contribution in [2.24, 2.45) is 5.73 Å². The van der Waals surface area contributed by atoms with E-state index >= 15 is 0 Å². The Balaban J connectivity index is 2.07. The van der Waals surface area contributed by atoms with E-state index in [0.29, 0.717) is 24.7 Å². The van der Waals surface area contributed by atoms with Crippen LogP contribution in [0.1, 0.15) is 30.7 Å². The second-order valence-electron chi connectivity index (χ2n) is 4.83. The summed E-state index contributed by atoms with van der Waals surface area (Å²) in [5.41, 5.74) is 5.93. The lowest BCUT2D eigenvalue weighted by molar-refractivity contribution is -0.00107. The molecule has 3 unspecified atom stereocenters. The molecular weight excluding hydrogens is 312 g/mol. The van der Waals surface area contributed by atoms with E-state index in [2.05, 4.69) is 39.9 Å². The third-order valence-corrected chi connectivity index (χ3v) is 5.62. The molecule has 5 heteroatoms. The molecule has 1 aliphatic heterocycles. The number of nitrogens with zero attached hydrogens (tertiary/aromatic N) is 1. The van der Waals surface area contributed by atoms with Gasteiger partial charge in [-0.1, -0.05) is 0 Å². The van der Waals surface area contributed by atoms with Gasteiger partial charge in [-0.25, -0.2) is 0 Å². The fraction of sp³-hybridized carbons (Fsp3) is 0.692. The molecule has 1 saturated heterocycles. The molecule has 18 heavy (non-hydrogen) atoms. The highest BCUT2D eigenvalue weighted by Gasteiger charge is 2.31. The van der Waals surface area contributed by atoms with Crippen LogP contribution in [0.25, 0.3) is 0 Å². The topological polar surface area (TPSA) is 38.5 Å². The Kier molecular flexibility index (Phi) is 5.21. The maximum atomic E-state index is 5.93. The molecule has 3 atom stereocenters. The Morgan fingerprint density at radius 3 is 2.94 bits per heavy atom. The number of nitrogens with two attached hydrogens (primary N) is 1. The Hall–Kier alpha value is 0.0600. The van der Waals surface area contributed by atoms with Crippen LogP contribution in [0.3, 0.4) is 0 Å². The lowest BCUT2D eigenvalue weighted by Gasteiger charge is -2.41. The average molecular weight is 333 g/mol. The van der Waals surface area contributed by atoms with Crippen molar-refractivity contribution in [1.29, 1.82) is 0 Å². The summed E-state index contributed by atoms with van der Waals surface area (Å²) in [6.07, 6.45) is 2.52. The molecule has 0 aliphatic carbocycles. The molecule has 0 bridgehead atoms. The molecule has 1 aromatic rings. The number of rotatable bonds is 4. The highest BCUT2D eigenvalue weighted by Crippen LogP contribution is 2.34. The van der Waals surface area contributed by atoms with Crippen LogP contribution < -0.4 is 5.73 Å². The van der Waals surface area contributed by atoms with Gasteiger partial charge in [0.1, 0.15) is 0 Å². The maximum Gasteiger partial charge on any atom is 0.0701 e. The highest BCUT2D eigenvalue weighted by molar-refractivity contribution is 9.11. The molecule has 2 N–H and O–H groups in total. The lowest BCUT2D eigenvalue weighted by Crippen LogP contribution is -2.49. The van der Waals surface area contributed by atoms with Crippen molar-refractivity contribution in [3.63, 3.8) is 0 Å². The molecule has 0 radical (unpaired) electrons. The SMILES string of the molecule is COC1CCN(C(C)c2ccc(Br)s2)C(CN)C1. The van der Waals surface area contributed by atoms with E-state index in [4.69, 9.17) is 10.5 Å². The number of hydrogen-bond donors (Lipinski definition) is 1. The summed E-state index contributed by atoms with van der Waals surface area (Å²) in [7, 11) is 1.80. The first-order chi connectivity index (χ1) is 8.65. The quantitative estimate of drug-likeness (QED) is 0.921. The number of hydrogen-bond acceptors (Lipinski definition) is 4. The van der Waals surface area contributed by atoms with Gasteiger partial charge in [0.05, 0.1) is 9.89 Å². The summed E-state index contributed by atoms with van der Waals surface area (Å²) >= 11 is 5.34. The van der Waals surface area contributed by atoms with Crippen LogP contribution in [-0.2, 0) is 4.74 Å². The van der Waals surface area contributed by atoms with Crippen molar-refractivity contribution >= 4 is 27.3 Å². The Labute approximate surface area is 121 Å². The van der Waals surface area contributed by atoms with Crippen molar-refractivity contribution in [2.75, 3.05) is 20.2 Å². The summed E-state index contributed by atoms with van der Waals surface area (Å²) < 4.78 is 6.67. The van der Waals surface area contributed by atoms with Crippen LogP contribution in [-0.4, -0.2) is 37.2 Å². The van der Waals surface area contributed by atoms with Gasteiger partial charge in [0.15, 0.2) is 0 Å². The van der Waals surface area contributed by atoms with Crippen LogP contribution in [0.4, 0.5) is 0 Å². The summed E-state index contributed by atoms with van der Waals surface area (Å²) in [6, 6.07) is 5.19.